The number of nitrogen functional groups attached to an aromatic ring is 1. The summed E-state index contributed by atoms with van der Waals surface area (Å²) in [6.07, 6.45) is 2.68. The summed E-state index contributed by atoms with van der Waals surface area (Å²) >= 11 is 2.22. The van der Waals surface area contributed by atoms with Crippen LogP contribution >= 0.6 is 22.6 Å². The van der Waals surface area contributed by atoms with Gasteiger partial charge in [-0.15, -0.1) is 0 Å². The zero-order valence-corrected chi connectivity index (χ0v) is 13.6. The van der Waals surface area contributed by atoms with E-state index in [4.69, 9.17) is 5.73 Å². The van der Waals surface area contributed by atoms with Crippen molar-refractivity contribution in [2.24, 2.45) is 0 Å². The normalized spacial score (nSPS) is 12.2. The number of hydrogen-bond donors (Lipinski definition) is 1. The summed E-state index contributed by atoms with van der Waals surface area (Å²) < 4.78 is 2.91. The van der Waals surface area contributed by atoms with Gasteiger partial charge in [0.05, 0.1) is 15.8 Å². The quantitative estimate of drug-likeness (QED) is 0.688. The van der Waals surface area contributed by atoms with E-state index in [1.54, 1.807) is 0 Å². The molecule has 1 aromatic heterocycles. The van der Waals surface area contributed by atoms with Gasteiger partial charge < -0.3 is 5.73 Å². The van der Waals surface area contributed by atoms with Crippen molar-refractivity contribution in [3.63, 3.8) is 0 Å². The van der Waals surface area contributed by atoms with Gasteiger partial charge >= 0.3 is 0 Å². The molecule has 4 heteroatoms. The minimum Gasteiger partial charge on any atom is -0.383 e. The number of nitrogens with two attached hydrogens (primary N) is 1. The molecule has 3 aromatic rings. The molecule has 0 spiro atoms. The number of rotatable bonds is 4. The van der Waals surface area contributed by atoms with Crippen LogP contribution in [0.15, 0.2) is 66.9 Å². The molecule has 1 unspecified atom stereocenters. The predicted octanol–water partition coefficient (Wildman–Crippen LogP) is 3.90. The largest absolute Gasteiger partial charge is 0.383 e. The highest BCUT2D eigenvalue weighted by Crippen LogP contribution is 2.27. The molecule has 0 saturated heterocycles. The zero-order valence-electron chi connectivity index (χ0n) is 11.5. The lowest BCUT2D eigenvalue weighted by Gasteiger charge is -2.19. The van der Waals surface area contributed by atoms with Gasteiger partial charge in [0, 0.05) is 0 Å². The fourth-order valence-electron chi connectivity index (χ4n) is 2.46. The third-order valence-corrected chi connectivity index (χ3v) is 4.37. The van der Waals surface area contributed by atoms with Crippen LogP contribution in [0.5, 0.6) is 0 Å². The molecule has 0 aliphatic carbocycles. The summed E-state index contributed by atoms with van der Waals surface area (Å²) in [6.45, 7) is 0. The smallest absolute Gasteiger partial charge is 0.135 e. The minimum atomic E-state index is 0.108. The van der Waals surface area contributed by atoms with Crippen LogP contribution in [0.25, 0.3) is 0 Å². The summed E-state index contributed by atoms with van der Waals surface area (Å²) in [6, 6.07) is 20.9. The molecule has 2 N–H and O–H groups in total. The number of aromatic nitrogens is 2. The molecular formula is C17H16IN3. The van der Waals surface area contributed by atoms with Crippen molar-refractivity contribution >= 4 is 28.4 Å². The van der Waals surface area contributed by atoms with E-state index >= 15 is 0 Å². The van der Waals surface area contributed by atoms with Crippen molar-refractivity contribution in [2.45, 2.75) is 12.5 Å². The van der Waals surface area contributed by atoms with Gasteiger partial charge in [-0.1, -0.05) is 60.7 Å². The van der Waals surface area contributed by atoms with Gasteiger partial charge in [-0.2, -0.15) is 5.10 Å². The monoisotopic (exact) mass is 389 g/mol. The average molecular weight is 389 g/mol. The molecule has 21 heavy (non-hydrogen) atoms. The molecule has 1 heterocycles. The van der Waals surface area contributed by atoms with E-state index in [1.165, 1.54) is 11.1 Å². The Morgan fingerprint density at radius 3 is 2.19 bits per heavy atom. The summed E-state index contributed by atoms with van der Waals surface area (Å²) in [4.78, 5) is 0. The van der Waals surface area contributed by atoms with Crippen LogP contribution in [-0.2, 0) is 6.42 Å². The molecule has 1 atom stereocenters. The van der Waals surface area contributed by atoms with Crippen molar-refractivity contribution in [3.8, 4) is 0 Å². The fourth-order valence-corrected chi connectivity index (χ4v) is 2.83. The number of benzene rings is 2. The van der Waals surface area contributed by atoms with Crippen LogP contribution < -0.4 is 5.73 Å². The Balaban J connectivity index is 2.01. The van der Waals surface area contributed by atoms with Crippen molar-refractivity contribution < 1.29 is 0 Å². The second-order valence-corrected chi connectivity index (χ2v) is 6.10. The molecule has 0 radical (unpaired) electrons. The van der Waals surface area contributed by atoms with Crippen LogP contribution in [0, 0.1) is 3.57 Å². The molecule has 2 aromatic carbocycles. The first-order valence-electron chi connectivity index (χ1n) is 6.83. The van der Waals surface area contributed by atoms with E-state index in [-0.39, 0.29) is 6.04 Å². The van der Waals surface area contributed by atoms with Gasteiger partial charge in [0.25, 0.3) is 0 Å². The predicted molar refractivity (Wildman–Crippen MR) is 94.1 cm³/mol. The highest BCUT2D eigenvalue weighted by Gasteiger charge is 2.18. The van der Waals surface area contributed by atoms with Crippen molar-refractivity contribution in [3.05, 3.63) is 81.6 Å². The second kappa shape index (κ2) is 6.30. The third kappa shape index (κ3) is 3.10. The summed E-state index contributed by atoms with van der Waals surface area (Å²) in [7, 11) is 0. The average Bonchev–Trinajstić information content (AvgIpc) is 2.87. The number of halogens is 1. The number of nitrogens with zero attached hydrogens (tertiary/aromatic N) is 2. The Bertz CT molecular complexity index is 707. The van der Waals surface area contributed by atoms with Gasteiger partial charge in [-0.05, 0) is 40.1 Å². The highest BCUT2D eigenvalue weighted by molar-refractivity contribution is 14.1. The molecule has 0 bridgehead atoms. The van der Waals surface area contributed by atoms with Crippen LogP contribution in [0.4, 0.5) is 5.82 Å². The minimum absolute atomic E-state index is 0.108. The highest BCUT2D eigenvalue weighted by atomic mass is 127. The maximum atomic E-state index is 6.19. The maximum Gasteiger partial charge on any atom is 0.135 e. The van der Waals surface area contributed by atoms with E-state index < -0.39 is 0 Å². The first-order valence-corrected chi connectivity index (χ1v) is 7.91. The maximum absolute atomic E-state index is 6.19. The molecule has 0 amide bonds. The molecule has 0 fully saturated rings. The second-order valence-electron chi connectivity index (χ2n) is 4.94. The lowest BCUT2D eigenvalue weighted by Crippen LogP contribution is -2.17. The van der Waals surface area contributed by atoms with Crippen LogP contribution in [-0.4, -0.2) is 9.78 Å². The van der Waals surface area contributed by atoms with E-state index in [9.17, 15) is 0 Å². The standard InChI is InChI=1S/C17H16IN3/c18-15-12-20-21(17(15)19)16(14-9-5-2-6-10-14)11-13-7-3-1-4-8-13/h1-10,12,16H,11,19H2. The van der Waals surface area contributed by atoms with Crippen LogP contribution in [0.1, 0.15) is 17.2 Å². The Morgan fingerprint density at radius 2 is 1.62 bits per heavy atom. The summed E-state index contributed by atoms with van der Waals surface area (Å²) in [5.74, 6) is 0.723. The van der Waals surface area contributed by atoms with E-state index in [1.807, 2.05) is 23.0 Å². The molecule has 106 valence electrons. The van der Waals surface area contributed by atoms with E-state index in [0.717, 1.165) is 15.8 Å². The molecule has 3 nitrogen and oxygen atoms in total. The molecular weight excluding hydrogens is 373 g/mol. The van der Waals surface area contributed by atoms with Crippen LogP contribution in [0.3, 0.4) is 0 Å². The zero-order chi connectivity index (χ0) is 14.7. The van der Waals surface area contributed by atoms with Gasteiger partial charge in [0.1, 0.15) is 5.82 Å². The Hall–Kier alpha value is -1.82. The van der Waals surface area contributed by atoms with Crippen molar-refractivity contribution in [2.75, 3.05) is 5.73 Å². The van der Waals surface area contributed by atoms with Crippen LogP contribution in [0.2, 0.25) is 0 Å². The third-order valence-electron chi connectivity index (χ3n) is 3.54. The van der Waals surface area contributed by atoms with E-state index in [2.05, 4.69) is 76.2 Å². The Labute approximate surface area is 137 Å². The lowest BCUT2D eigenvalue weighted by molar-refractivity contribution is 0.528. The van der Waals surface area contributed by atoms with Gasteiger partial charge in [0.2, 0.25) is 0 Å². The van der Waals surface area contributed by atoms with Gasteiger partial charge in [-0.25, -0.2) is 4.68 Å². The Kier molecular flexibility index (Phi) is 4.24. The molecule has 0 saturated carbocycles. The Morgan fingerprint density at radius 1 is 1.00 bits per heavy atom. The first kappa shape index (κ1) is 14.1. The van der Waals surface area contributed by atoms with Crippen molar-refractivity contribution in [1.82, 2.24) is 9.78 Å². The molecule has 0 aliphatic rings. The number of hydrogen-bond acceptors (Lipinski definition) is 2. The van der Waals surface area contributed by atoms with Crippen molar-refractivity contribution in [1.29, 1.82) is 0 Å². The lowest BCUT2D eigenvalue weighted by atomic mass is 9.99. The SMILES string of the molecule is Nc1c(I)cnn1C(Cc1ccccc1)c1ccccc1. The number of anilines is 1. The molecule has 0 aliphatic heterocycles. The molecule has 3 rings (SSSR count). The summed E-state index contributed by atoms with van der Waals surface area (Å²) in [5.41, 5.74) is 8.68. The fraction of sp³-hybridized carbons (Fsp3) is 0.118. The topological polar surface area (TPSA) is 43.8 Å². The summed E-state index contributed by atoms with van der Waals surface area (Å²) in [5, 5.41) is 4.47. The first-order chi connectivity index (χ1) is 10.3. The van der Waals surface area contributed by atoms with Gasteiger partial charge in [0.15, 0.2) is 0 Å². The van der Waals surface area contributed by atoms with Gasteiger partial charge in [-0.3, -0.25) is 0 Å². The van der Waals surface area contributed by atoms with E-state index in [0.29, 0.717) is 0 Å².